The Bertz CT molecular complexity index is 571. The molecule has 0 fully saturated rings. The molecule has 1 aromatic heterocycles. The quantitative estimate of drug-likeness (QED) is 0.870. The van der Waals surface area contributed by atoms with Gasteiger partial charge in [0.1, 0.15) is 0 Å². The van der Waals surface area contributed by atoms with Crippen LogP contribution in [0.15, 0.2) is 29.6 Å². The number of benzene rings is 1. The lowest BCUT2D eigenvalue weighted by atomic mass is 10.0. The van der Waals surface area contributed by atoms with Gasteiger partial charge in [-0.15, -0.1) is 11.3 Å². The summed E-state index contributed by atoms with van der Waals surface area (Å²) >= 11 is 7.92. The number of ether oxygens (including phenoxy) is 2. The fourth-order valence-electron chi connectivity index (χ4n) is 2.20. The Morgan fingerprint density at radius 2 is 2.05 bits per heavy atom. The molecule has 0 spiro atoms. The summed E-state index contributed by atoms with van der Waals surface area (Å²) in [5.41, 5.74) is 1.03. The monoisotopic (exact) mass is 311 g/mol. The first-order valence-electron chi connectivity index (χ1n) is 6.40. The van der Waals surface area contributed by atoms with Gasteiger partial charge in [-0.1, -0.05) is 30.7 Å². The molecule has 1 heterocycles. The van der Waals surface area contributed by atoms with E-state index >= 15 is 0 Å². The molecule has 0 saturated carbocycles. The van der Waals surface area contributed by atoms with Crippen LogP contribution in [-0.2, 0) is 0 Å². The first kappa shape index (κ1) is 15.2. The maximum Gasteiger partial charge on any atom is 0.165 e. The van der Waals surface area contributed by atoms with Gasteiger partial charge in [-0.25, -0.2) is 0 Å². The van der Waals surface area contributed by atoms with E-state index in [1.807, 2.05) is 29.6 Å². The lowest BCUT2D eigenvalue weighted by molar-refractivity contribution is 0.349. The maximum atomic E-state index is 6.29. The molecule has 0 aliphatic heterocycles. The Morgan fingerprint density at radius 1 is 1.25 bits per heavy atom. The van der Waals surface area contributed by atoms with Crippen LogP contribution in [0.3, 0.4) is 0 Å². The molecule has 0 saturated heterocycles. The molecule has 5 heteroatoms. The highest BCUT2D eigenvalue weighted by atomic mass is 35.5. The molecule has 2 rings (SSSR count). The summed E-state index contributed by atoms with van der Waals surface area (Å²) in [5, 5.41) is 6.22. The van der Waals surface area contributed by atoms with Gasteiger partial charge in [0.25, 0.3) is 0 Å². The molecular formula is C15H18ClNO2S. The smallest absolute Gasteiger partial charge is 0.165 e. The van der Waals surface area contributed by atoms with Crippen molar-refractivity contribution in [1.82, 2.24) is 5.32 Å². The largest absolute Gasteiger partial charge is 0.493 e. The molecule has 0 bridgehead atoms. The van der Waals surface area contributed by atoms with Crippen LogP contribution in [0.5, 0.6) is 11.5 Å². The van der Waals surface area contributed by atoms with Gasteiger partial charge in [0, 0.05) is 10.4 Å². The van der Waals surface area contributed by atoms with Crippen molar-refractivity contribution >= 4 is 22.9 Å². The van der Waals surface area contributed by atoms with E-state index in [0.717, 1.165) is 33.5 Å². The third-order valence-corrected chi connectivity index (χ3v) is 4.48. The molecule has 108 valence electrons. The fourth-order valence-corrected chi connectivity index (χ4v) is 3.46. The summed E-state index contributed by atoms with van der Waals surface area (Å²) in [6.07, 6.45) is 0. The number of para-hydroxylation sites is 1. The highest BCUT2D eigenvalue weighted by Gasteiger charge is 2.22. The molecule has 1 unspecified atom stereocenters. The third-order valence-electron chi connectivity index (χ3n) is 3.06. The van der Waals surface area contributed by atoms with Gasteiger partial charge in [0.05, 0.1) is 25.3 Å². The molecule has 1 N–H and O–H groups in total. The molecule has 0 radical (unpaired) electrons. The van der Waals surface area contributed by atoms with Crippen LogP contribution in [0.25, 0.3) is 0 Å². The van der Waals surface area contributed by atoms with E-state index in [1.165, 1.54) is 0 Å². The van der Waals surface area contributed by atoms with E-state index in [-0.39, 0.29) is 6.04 Å². The summed E-state index contributed by atoms with van der Waals surface area (Å²) in [6.45, 7) is 2.90. The predicted molar refractivity (Wildman–Crippen MR) is 84.4 cm³/mol. The Balaban J connectivity index is 2.52. The van der Waals surface area contributed by atoms with Crippen LogP contribution in [-0.4, -0.2) is 20.8 Å². The van der Waals surface area contributed by atoms with Gasteiger partial charge < -0.3 is 14.8 Å². The van der Waals surface area contributed by atoms with E-state index in [0.29, 0.717) is 0 Å². The van der Waals surface area contributed by atoms with Crippen LogP contribution < -0.4 is 14.8 Å². The molecule has 3 nitrogen and oxygen atoms in total. The lowest BCUT2D eigenvalue weighted by Crippen LogP contribution is -2.22. The first-order valence-corrected chi connectivity index (χ1v) is 7.65. The minimum atomic E-state index is -0.00227. The average Bonchev–Trinajstić information content (AvgIpc) is 2.89. The van der Waals surface area contributed by atoms with Crippen molar-refractivity contribution in [2.75, 3.05) is 20.8 Å². The zero-order valence-electron chi connectivity index (χ0n) is 11.8. The van der Waals surface area contributed by atoms with Gasteiger partial charge in [0.2, 0.25) is 0 Å². The second kappa shape index (κ2) is 6.97. The van der Waals surface area contributed by atoms with Gasteiger partial charge in [-0.3, -0.25) is 0 Å². The lowest BCUT2D eigenvalue weighted by Gasteiger charge is -2.21. The second-order valence-electron chi connectivity index (χ2n) is 4.21. The number of nitrogens with one attached hydrogen (secondary N) is 1. The van der Waals surface area contributed by atoms with Crippen molar-refractivity contribution < 1.29 is 9.47 Å². The predicted octanol–water partition coefficient (Wildman–Crippen LogP) is 4.12. The highest BCUT2D eigenvalue weighted by Crippen LogP contribution is 2.40. The fraction of sp³-hybridized carbons (Fsp3) is 0.333. The van der Waals surface area contributed by atoms with E-state index in [9.17, 15) is 0 Å². The van der Waals surface area contributed by atoms with Gasteiger partial charge in [-0.2, -0.15) is 0 Å². The summed E-state index contributed by atoms with van der Waals surface area (Å²) in [6, 6.07) is 7.80. The number of hydrogen-bond acceptors (Lipinski definition) is 4. The van der Waals surface area contributed by atoms with E-state index in [2.05, 4.69) is 12.2 Å². The van der Waals surface area contributed by atoms with Gasteiger partial charge in [-0.05, 0) is 24.1 Å². The normalized spacial score (nSPS) is 12.2. The van der Waals surface area contributed by atoms with Crippen molar-refractivity contribution in [3.8, 4) is 11.5 Å². The SMILES string of the molecule is CCNC(c1cccc(OC)c1OC)c1sccc1Cl. The summed E-state index contributed by atoms with van der Waals surface area (Å²) in [7, 11) is 3.29. The van der Waals surface area contributed by atoms with Crippen LogP contribution in [0, 0.1) is 0 Å². The maximum absolute atomic E-state index is 6.29. The number of thiophene rings is 1. The van der Waals surface area contributed by atoms with Crippen molar-refractivity contribution in [2.24, 2.45) is 0 Å². The zero-order chi connectivity index (χ0) is 14.5. The molecule has 0 aliphatic rings. The number of rotatable bonds is 6. The van der Waals surface area contributed by atoms with E-state index in [1.54, 1.807) is 25.6 Å². The topological polar surface area (TPSA) is 30.5 Å². The minimum Gasteiger partial charge on any atom is -0.493 e. The highest BCUT2D eigenvalue weighted by molar-refractivity contribution is 7.10. The molecule has 2 aromatic rings. The molecule has 1 atom stereocenters. The second-order valence-corrected chi connectivity index (χ2v) is 5.56. The molecule has 0 aliphatic carbocycles. The number of hydrogen-bond donors (Lipinski definition) is 1. The Kier molecular flexibility index (Phi) is 5.29. The van der Waals surface area contributed by atoms with Crippen molar-refractivity contribution in [3.63, 3.8) is 0 Å². The Morgan fingerprint density at radius 3 is 2.60 bits per heavy atom. The van der Waals surface area contributed by atoms with Gasteiger partial charge >= 0.3 is 0 Å². The average molecular weight is 312 g/mol. The molecule has 1 aromatic carbocycles. The Hall–Kier alpha value is -1.23. The zero-order valence-corrected chi connectivity index (χ0v) is 13.3. The number of methoxy groups -OCH3 is 2. The van der Waals surface area contributed by atoms with E-state index in [4.69, 9.17) is 21.1 Å². The number of halogens is 1. The van der Waals surface area contributed by atoms with Crippen molar-refractivity contribution in [3.05, 3.63) is 45.1 Å². The summed E-state index contributed by atoms with van der Waals surface area (Å²) < 4.78 is 10.9. The van der Waals surface area contributed by atoms with Crippen LogP contribution in [0.4, 0.5) is 0 Å². The molecule has 0 amide bonds. The standard InChI is InChI=1S/C15H18ClNO2S/c1-4-17-13(15-11(16)8-9-20-15)10-6-5-7-12(18-2)14(10)19-3/h5-9,13,17H,4H2,1-3H3. The third kappa shape index (κ3) is 2.92. The first-order chi connectivity index (χ1) is 9.72. The van der Waals surface area contributed by atoms with E-state index < -0.39 is 0 Å². The summed E-state index contributed by atoms with van der Waals surface area (Å²) in [5.74, 6) is 1.46. The van der Waals surface area contributed by atoms with Crippen LogP contribution >= 0.6 is 22.9 Å². The minimum absolute atomic E-state index is 0.00227. The van der Waals surface area contributed by atoms with Crippen LogP contribution in [0.2, 0.25) is 5.02 Å². The van der Waals surface area contributed by atoms with Gasteiger partial charge in [0.15, 0.2) is 11.5 Å². The van der Waals surface area contributed by atoms with Crippen LogP contribution in [0.1, 0.15) is 23.4 Å². The van der Waals surface area contributed by atoms with Crippen molar-refractivity contribution in [2.45, 2.75) is 13.0 Å². The van der Waals surface area contributed by atoms with Crippen molar-refractivity contribution in [1.29, 1.82) is 0 Å². The summed E-state index contributed by atoms with van der Waals surface area (Å²) in [4.78, 5) is 1.08. The Labute approximate surface area is 128 Å². The molecule has 20 heavy (non-hydrogen) atoms. The molecular weight excluding hydrogens is 294 g/mol.